The number of rotatable bonds is 6. The van der Waals surface area contributed by atoms with Gasteiger partial charge in [0.05, 0.1) is 35.7 Å². The third-order valence-corrected chi connectivity index (χ3v) is 4.90. The first-order valence-electron chi connectivity index (χ1n) is 9.07. The van der Waals surface area contributed by atoms with Gasteiger partial charge in [-0.15, -0.1) is 0 Å². The second-order valence-corrected chi connectivity index (χ2v) is 7.63. The van der Waals surface area contributed by atoms with Gasteiger partial charge >= 0.3 is 12.1 Å². The zero-order chi connectivity index (χ0) is 20.0. The van der Waals surface area contributed by atoms with E-state index in [9.17, 15) is 9.59 Å². The molecule has 1 aliphatic rings. The number of hydrogen-bond acceptors (Lipinski definition) is 4. The summed E-state index contributed by atoms with van der Waals surface area (Å²) in [6.07, 6.45) is 2.21. The number of hydrogen-bond donors (Lipinski definition) is 0. The summed E-state index contributed by atoms with van der Waals surface area (Å²) in [5.41, 5.74) is 1.93. The largest absolute Gasteiger partial charge is 0.466 e. The van der Waals surface area contributed by atoms with Crippen LogP contribution in [-0.4, -0.2) is 42.8 Å². The molecular formula is C20H25Cl2NO4. The van der Waals surface area contributed by atoms with Gasteiger partial charge in [-0.25, -0.2) is 4.79 Å². The van der Waals surface area contributed by atoms with Crippen molar-refractivity contribution >= 4 is 40.8 Å². The molecular weight excluding hydrogens is 389 g/mol. The zero-order valence-electron chi connectivity index (χ0n) is 15.8. The first-order chi connectivity index (χ1) is 12.8. The average Bonchev–Trinajstić information content (AvgIpc) is 2.62. The van der Waals surface area contributed by atoms with Gasteiger partial charge in [-0.2, -0.15) is 0 Å². The second-order valence-electron chi connectivity index (χ2n) is 6.81. The third kappa shape index (κ3) is 6.15. The quantitative estimate of drug-likeness (QED) is 0.601. The average molecular weight is 414 g/mol. The number of halogens is 2. The van der Waals surface area contributed by atoms with Crippen LogP contribution in [0.5, 0.6) is 0 Å². The number of benzene rings is 1. The molecule has 27 heavy (non-hydrogen) atoms. The van der Waals surface area contributed by atoms with E-state index in [1.807, 2.05) is 26.0 Å². The van der Waals surface area contributed by atoms with E-state index in [-0.39, 0.29) is 18.3 Å². The van der Waals surface area contributed by atoms with E-state index in [1.165, 1.54) is 0 Å². The van der Waals surface area contributed by atoms with Crippen LogP contribution in [0.2, 0.25) is 10.0 Å². The van der Waals surface area contributed by atoms with E-state index in [0.717, 1.165) is 11.1 Å². The van der Waals surface area contributed by atoms with Crippen LogP contribution in [0.15, 0.2) is 24.3 Å². The van der Waals surface area contributed by atoms with Gasteiger partial charge in [0.1, 0.15) is 0 Å². The zero-order valence-corrected chi connectivity index (χ0v) is 17.3. The van der Waals surface area contributed by atoms with Gasteiger partial charge < -0.3 is 14.4 Å². The summed E-state index contributed by atoms with van der Waals surface area (Å²) in [5.74, 6) is -0.111. The molecule has 0 saturated carbocycles. The first-order valence-corrected chi connectivity index (χ1v) is 9.82. The van der Waals surface area contributed by atoms with Crippen LogP contribution in [0.1, 0.15) is 39.2 Å². The molecule has 0 bridgehead atoms. The Morgan fingerprint density at radius 3 is 2.59 bits per heavy atom. The van der Waals surface area contributed by atoms with Crippen LogP contribution in [-0.2, 0) is 14.3 Å². The van der Waals surface area contributed by atoms with Crippen molar-refractivity contribution in [3.8, 4) is 0 Å². The predicted octanol–water partition coefficient (Wildman–Crippen LogP) is 5.20. The Labute approximate surface area is 170 Å². The number of esters is 1. The molecule has 1 heterocycles. The molecule has 0 fully saturated rings. The van der Waals surface area contributed by atoms with Crippen LogP contribution in [0, 0.1) is 5.92 Å². The maximum atomic E-state index is 12.5. The first kappa shape index (κ1) is 21.6. The minimum Gasteiger partial charge on any atom is -0.466 e. The van der Waals surface area contributed by atoms with E-state index in [4.69, 9.17) is 32.7 Å². The molecule has 1 amide bonds. The minimum absolute atomic E-state index is 0.0788. The molecule has 0 aromatic heterocycles. The molecule has 1 aliphatic heterocycles. The summed E-state index contributed by atoms with van der Waals surface area (Å²) >= 11 is 12.1. The summed E-state index contributed by atoms with van der Waals surface area (Å²) in [6.45, 7) is 6.79. The van der Waals surface area contributed by atoms with Gasteiger partial charge in [-0.3, -0.25) is 4.79 Å². The lowest BCUT2D eigenvalue weighted by Crippen LogP contribution is -2.44. The monoisotopic (exact) mass is 413 g/mol. The number of carbonyl (C=O) groups excluding carboxylic acids is 2. The molecule has 0 saturated heterocycles. The van der Waals surface area contributed by atoms with Gasteiger partial charge in [-0.05, 0) is 42.5 Å². The standard InChI is InChI=1S/C20H25Cl2NO4/c1-4-26-19(24)11-16-9-15(14-5-6-17(21)18(22)10-14)7-8-23(16)20(25)27-12-13(2)3/h5-6,9-10,13,16H,4,7-8,11-12H2,1-3H3. The predicted molar refractivity (Wildman–Crippen MR) is 107 cm³/mol. The van der Waals surface area contributed by atoms with Crippen molar-refractivity contribution in [2.24, 2.45) is 5.92 Å². The number of carbonyl (C=O) groups is 2. The summed E-state index contributed by atoms with van der Waals surface area (Å²) in [4.78, 5) is 26.1. The van der Waals surface area contributed by atoms with Crippen molar-refractivity contribution in [3.05, 3.63) is 39.9 Å². The molecule has 1 aromatic rings. The third-order valence-electron chi connectivity index (χ3n) is 4.16. The molecule has 148 valence electrons. The normalized spacial score (nSPS) is 16.9. The van der Waals surface area contributed by atoms with E-state index in [1.54, 1.807) is 24.0 Å². The van der Waals surface area contributed by atoms with Crippen LogP contribution in [0.3, 0.4) is 0 Å². The van der Waals surface area contributed by atoms with Crippen LogP contribution in [0.25, 0.3) is 5.57 Å². The van der Waals surface area contributed by atoms with Gasteiger partial charge in [-0.1, -0.05) is 49.2 Å². The summed E-state index contributed by atoms with van der Waals surface area (Å²) in [5, 5.41) is 0.953. The second kappa shape index (κ2) is 10.00. The van der Waals surface area contributed by atoms with E-state index < -0.39 is 12.1 Å². The maximum Gasteiger partial charge on any atom is 0.410 e. The van der Waals surface area contributed by atoms with Crippen molar-refractivity contribution in [1.29, 1.82) is 0 Å². The van der Waals surface area contributed by atoms with Gasteiger partial charge in [0.25, 0.3) is 0 Å². The summed E-state index contributed by atoms with van der Waals surface area (Å²) in [7, 11) is 0. The minimum atomic E-state index is -0.429. The van der Waals surface area contributed by atoms with Crippen molar-refractivity contribution in [2.45, 2.75) is 39.7 Å². The van der Waals surface area contributed by atoms with E-state index >= 15 is 0 Å². The fourth-order valence-electron chi connectivity index (χ4n) is 2.86. The lowest BCUT2D eigenvalue weighted by molar-refractivity contribution is -0.144. The number of amides is 1. The Morgan fingerprint density at radius 1 is 1.22 bits per heavy atom. The Balaban J connectivity index is 2.24. The van der Waals surface area contributed by atoms with Crippen LogP contribution in [0.4, 0.5) is 4.79 Å². The van der Waals surface area contributed by atoms with Crippen LogP contribution >= 0.6 is 23.2 Å². The molecule has 7 heteroatoms. The molecule has 0 spiro atoms. The molecule has 1 aromatic carbocycles. The van der Waals surface area contributed by atoms with E-state index in [2.05, 4.69) is 0 Å². The highest BCUT2D eigenvalue weighted by Crippen LogP contribution is 2.31. The molecule has 1 atom stereocenters. The van der Waals surface area contributed by atoms with Crippen molar-refractivity contribution < 1.29 is 19.1 Å². The molecule has 1 unspecified atom stereocenters. The Hall–Kier alpha value is -1.72. The van der Waals surface area contributed by atoms with Crippen molar-refractivity contribution in [2.75, 3.05) is 19.8 Å². The summed E-state index contributed by atoms with van der Waals surface area (Å²) in [6, 6.07) is 4.99. The Kier molecular flexibility index (Phi) is 7.99. The van der Waals surface area contributed by atoms with Gasteiger partial charge in [0.15, 0.2) is 0 Å². The maximum absolute atomic E-state index is 12.5. The summed E-state index contributed by atoms with van der Waals surface area (Å²) < 4.78 is 10.4. The number of ether oxygens (including phenoxy) is 2. The van der Waals surface area contributed by atoms with Crippen molar-refractivity contribution in [3.63, 3.8) is 0 Å². The Morgan fingerprint density at radius 2 is 1.96 bits per heavy atom. The highest BCUT2D eigenvalue weighted by atomic mass is 35.5. The van der Waals surface area contributed by atoms with Crippen LogP contribution < -0.4 is 0 Å². The molecule has 0 N–H and O–H groups in total. The number of nitrogens with zero attached hydrogens (tertiary/aromatic N) is 1. The highest BCUT2D eigenvalue weighted by Gasteiger charge is 2.30. The van der Waals surface area contributed by atoms with E-state index in [0.29, 0.717) is 36.2 Å². The fraction of sp³-hybridized carbons (Fsp3) is 0.500. The Bertz CT molecular complexity index is 718. The molecule has 0 radical (unpaired) electrons. The smallest absolute Gasteiger partial charge is 0.410 e. The topological polar surface area (TPSA) is 55.8 Å². The lowest BCUT2D eigenvalue weighted by atomic mass is 9.94. The van der Waals surface area contributed by atoms with Crippen molar-refractivity contribution in [1.82, 2.24) is 4.90 Å². The molecule has 5 nitrogen and oxygen atoms in total. The SMILES string of the molecule is CCOC(=O)CC1C=C(c2ccc(Cl)c(Cl)c2)CCN1C(=O)OCC(C)C. The lowest BCUT2D eigenvalue weighted by Gasteiger charge is -2.33. The molecule has 0 aliphatic carbocycles. The highest BCUT2D eigenvalue weighted by molar-refractivity contribution is 6.42. The fourth-order valence-corrected chi connectivity index (χ4v) is 3.15. The molecule has 2 rings (SSSR count). The van der Waals surface area contributed by atoms with Gasteiger partial charge in [0, 0.05) is 6.54 Å². The van der Waals surface area contributed by atoms with Gasteiger partial charge in [0.2, 0.25) is 0 Å².